The summed E-state index contributed by atoms with van der Waals surface area (Å²) < 4.78 is 6.06. The molecule has 4 aliphatic carbocycles. The fourth-order valence-corrected chi connectivity index (χ4v) is 8.96. The van der Waals surface area contributed by atoms with Gasteiger partial charge in [0.25, 0.3) is 0 Å². The third kappa shape index (κ3) is 12.1. The van der Waals surface area contributed by atoms with E-state index < -0.39 is 0 Å². The van der Waals surface area contributed by atoms with Crippen molar-refractivity contribution < 1.29 is 4.74 Å². The lowest BCUT2D eigenvalue weighted by Gasteiger charge is -2.23. The second kappa shape index (κ2) is 20.5. The van der Waals surface area contributed by atoms with E-state index in [1.807, 2.05) is 0 Å². The summed E-state index contributed by atoms with van der Waals surface area (Å²) in [6, 6.07) is 26.2. The Labute approximate surface area is 303 Å². The van der Waals surface area contributed by atoms with E-state index in [4.69, 9.17) is 4.74 Å². The van der Waals surface area contributed by atoms with Crippen molar-refractivity contribution in [1.82, 2.24) is 0 Å². The normalized spacial score (nSPS) is 21.4. The molecule has 0 spiro atoms. The predicted octanol–water partition coefficient (Wildman–Crippen LogP) is 13.9. The van der Waals surface area contributed by atoms with Crippen molar-refractivity contribution in [3.05, 3.63) is 106 Å². The molecule has 3 aromatic rings. The molecule has 2 saturated carbocycles. The molecular weight excluding hydrogens is 593 g/mol. The van der Waals surface area contributed by atoms with Gasteiger partial charge in [-0.15, -0.1) is 0 Å². The second-order valence-electron chi connectivity index (χ2n) is 16.9. The minimum absolute atomic E-state index is 0.486. The molecular formula is C48H72O. The van der Waals surface area contributed by atoms with Crippen LogP contribution in [0.3, 0.4) is 0 Å². The molecule has 1 heteroatoms. The predicted molar refractivity (Wildman–Crippen MR) is 214 cm³/mol. The average molecular weight is 665 g/mol. The number of hydrogen-bond acceptors (Lipinski definition) is 1. The third-order valence-electron chi connectivity index (χ3n) is 12.0. The minimum atomic E-state index is 0.486. The Morgan fingerprint density at radius 3 is 1.88 bits per heavy atom. The minimum Gasteiger partial charge on any atom is -0.373 e. The van der Waals surface area contributed by atoms with E-state index in [-0.39, 0.29) is 0 Å². The van der Waals surface area contributed by atoms with Gasteiger partial charge in [0.05, 0.1) is 12.7 Å². The molecule has 2 fully saturated rings. The molecule has 0 aliphatic heterocycles. The Kier molecular flexibility index (Phi) is 16.5. The fraction of sp³-hybridized carbons (Fsp3) is 0.625. The molecule has 0 amide bonds. The highest BCUT2D eigenvalue weighted by Gasteiger charge is 2.30. The van der Waals surface area contributed by atoms with Crippen LogP contribution in [0.1, 0.15) is 165 Å². The zero-order valence-corrected chi connectivity index (χ0v) is 32.9. The van der Waals surface area contributed by atoms with Crippen LogP contribution in [0, 0.1) is 29.6 Å². The van der Waals surface area contributed by atoms with Gasteiger partial charge in [-0.2, -0.15) is 0 Å². The van der Waals surface area contributed by atoms with Gasteiger partial charge in [0.2, 0.25) is 0 Å². The fourth-order valence-electron chi connectivity index (χ4n) is 8.96. The summed E-state index contributed by atoms with van der Waals surface area (Å²) in [6.45, 7) is 19.3. The van der Waals surface area contributed by atoms with Gasteiger partial charge >= 0.3 is 0 Å². The van der Waals surface area contributed by atoms with Crippen LogP contribution >= 0.6 is 0 Å². The van der Waals surface area contributed by atoms with Crippen molar-refractivity contribution in [2.45, 2.75) is 163 Å². The maximum atomic E-state index is 6.06. The lowest BCUT2D eigenvalue weighted by atomic mass is 9.85. The van der Waals surface area contributed by atoms with E-state index in [1.54, 1.807) is 27.8 Å². The van der Waals surface area contributed by atoms with Crippen LogP contribution in [0.25, 0.3) is 0 Å². The summed E-state index contributed by atoms with van der Waals surface area (Å²) in [7, 11) is 0. The average Bonchev–Trinajstić information content (AvgIpc) is 3.90. The summed E-state index contributed by atoms with van der Waals surface area (Å²) in [5.74, 6) is 5.84. The number of ether oxygens (including phenoxy) is 1. The first-order valence-corrected chi connectivity index (χ1v) is 20.5. The van der Waals surface area contributed by atoms with Gasteiger partial charge < -0.3 is 4.74 Å². The maximum Gasteiger partial charge on any atom is 0.0720 e. The van der Waals surface area contributed by atoms with Gasteiger partial charge in [0.1, 0.15) is 0 Å². The molecule has 3 aromatic carbocycles. The van der Waals surface area contributed by atoms with Crippen molar-refractivity contribution in [1.29, 1.82) is 0 Å². The summed E-state index contributed by atoms with van der Waals surface area (Å²) in [5.41, 5.74) is 9.32. The summed E-state index contributed by atoms with van der Waals surface area (Å²) >= 11 is 0. The van der Waals surface area contributed by atoms with E-state index in [9.17, 15) is 0 Å². The lowest BCUT2D eigenvalue weighted by Crippen LogP contribution is -2.22. The molecule has 1 nitrogen and oxygen atoms in total. The summed E-state index contributed by atoms with van der Waals surface area (Å²) in [4.78, 5) is 0. The van der Waals surface area contributed by atoms with Gasteiger partial charge in [-0.25, -0.2) is 0 Å². The summed E-state index contributed by atoms with van der Waals surface area (Å²) in [5, 5.41) is 0. The van der Waals surface area contributed by atoms with Gasteiger partial charge in [-0.05, 0) is 126 Å². The van der Waals surface area contributed by atoms with Crippen molar-refractivity contribution in [3.8, 4) is 0 Å². The lowest BCUT2D eigenvalue weighted by molar-refractivity contribution is 0.00355. The highest BCUT2D eigenvalue weighted by atomic mass is 16.5. The Bertz CT molecular complexity index is 1330. The first-order chi connectivity index (χ1) is 23.7. The number of benzene rings is 3. The molecule has 0 saturated heterocycles. The van der Waals surface area contributed by atoms with E-state index in [1.165, 1.54) is 89.0 Å². The summed E-state index contributed by atoms with van der Waals surface area (Å²) in [6.07, 6.45) is 18.4. The standard InChI is InChI=1S/C15H22O.C13H18.C12H16.C8H16/c1-12(2)14-9-6-10-15(14)16-11-13-7-4-3-5-8-13;1-10(2)12-9-5-7-11-6-3-4-8-13(11)12;1-9(2)11-8-7-10-5-3-4-6-12(10)11;1-7(2)8-5-3-4-6-8/h3-5,7-8,12,14-15H,6,9-11H2,1-2H3;5,7,9-10H,3-4,6,8H2,1-2H3;3-6,9,11H,7-8H2,1-2H3;7-8H,3-6H2,1-2H3/t14-,15+;;11-;/m1.0./s1. The molecule has 3 atom stereocenters. The second-order valence-corrected chi connectivity index (χ2v) is 16.9. The van der Waals surface area contributed by atoms with Crippen molar-refractivity contribution >= 4 is 0 Å². The van der Waals surface area contributed by atoms with E-state index in [2.05, 4.69) is 128 Å². The van der Waals surface area contributed by atoms with E-state index in [0.717, 1.165) is 42.1 Å². The van der Waals surface area contributed by atoms with Crippen LogP contribution in [-0.2, 0) is 30.6 Å². The number of hydrogen-bond donors (Lipinski definition) is 0. The quantitative estimate of drug-likeness (QED) is 0.244. The molecule has 0 heterocycles. The van der Waals surface area contributed by atoms with E-state index in [0.29, 0.717) is 12.0 Å². The van der Waals surface area contributed by atoms with Gasteiger partial charge in [0.15, 0.2) is 0 Å². The molecule has 0 unspecified atom stereocenters. The largest absolute Gasteiger partial charge is 0.373 e. The van der Waals surface area contributed by atoms with Crippen LogP contribution in [0.15, 0.2) is 72.8 Å². The Morgan fingerprint density at radius 2 is 1.22 bits per heavy atom. The van der Waals surface area contributed by atoms with Gasteiger partial charge in [0, 0.05) is 0 Å². The van der Waals surface area contributed by atoms with Crippen molar-refractivity contribution in [3.63, 3.8) is 0 Å². The van der Waals surface area contributed by atoms with Crippen LogP contribution in [-0.4, -0.2) is 6.10 Å². The van der Waals surface area contributed by atoms with Crippen LogP contribution in [0.2, 0.25) is 0 Å². The first-order valence-electron chi connectivity index (χ1n) is 20.5. The molecule has 0 bridgehead atoms. The Hall–Kier alpha value is -2.38. The number of rotatable bonds is 7. The highest BCUT2D eigenvalue weighted by Crippen LogP contribution is 2.38. The maximum absolute atomic E-state index is 6.06. The zero-order chi connectivity index (χ0) is 35.2. The van der Waals surface area contributed by atoms with Gasteiger partial charge in [-0.1, -0.05) is 160 Å². The monoisotopic (exact) mass is 665 g/mol. The molecule has 4 aliphatic rings. The van der Waals surface area contributed by atoms with E-state index >= 15 is 0 Å². The topological polar surface area (TPSA) is 9.23 Å². The molecule has 0 N–H and O–H groups in total. The molecule has 0 radical (unpaired) electrons. The van der Waals surface area contributed by atoms with Crippen molar-refractivity contribution in [2.75, 3.05) is 0 Å². The molecule has 0 aromatic heterocycles. The Morgan fingerprint density at radius 1 is 0.551 bits per heavy atom. The number of aryl methyl sites for hydroxylation is 2. The van der Waals surface area contributed by atoms with Gasteiger partial charge in [-0.3, -0.25) is 0 Å². The third-order valence-corrected chi connectivity index (χ3v) is 12.0. The molecule has 49 heavy (non-hydrogen) atoms. The highest BCUT2D eigenvalue weighted by molar-refractivity contribution is 5.38. The Balaban J connectivity index is 0.000000151. The SMILES string of the molecule is CC(C)C1CCCC1.CC(C)[C@@H]1CCc2ccccc21.CC(C)[C@H]1CCC[C@@H]1OCc1ccccc1.CC(C)c1cccc2c1CCCC2. The smallest absolute Gasteiger partial charge is 0.0720 e. The number of fused-ring (bicyclic) bond motifs is 2. The van der Waals surface area contributed by atoms with Crippen LogP contribution in [0.4, 0.5) is 0 Å². The van der Waals surface area contributed by atoms with Crippen LogP contribution < -0.4 is 0 Å². The first kappa shape index (κ1) is 39.4. The zero-order valence-electron chi connectivity index (χ0n) is 32.9. The van der Waals surface area contributed by atoms with Crippen LogP contribution in [0.5, 0.6) is 0 Å². The van der Waals surface area contributed by atoms with Crippen molar-refractivity contribution in [2.24, 2.45) is 29.6 Å². The molecule has 7 rings (SSSR count). The molecule has 270 valence electrons.